The fraction of sp³-hybridized carbons (Fsp3) is 0.368. The minimum absolute atomic E-state index is 0.192. The van der Waals surface area contributed by atoms with E-state index in [0.29, 0.717) is 0 Å². The van der Waals surface area contributed by atoms with Crippen molar-refractivity contribution in [3.8, 4) is 0 Å². The summed E-state index contributed by atoms with van der Waals surface area (Å²) in [5.41, 5.74) is 0.996. The fourth-order valence-electron chi connectivity index (χ4n) is 3.24. The number of benzene rings is 2. The van der Waals surface area contributed by atoms with E-state index < -0.39 is 11.7 Å². The van der Waals surface area contributed by atoms with Gasteiger partial charge in [0, 0.05) is 19.6 Å². The van der Waals surface area contributed by atoms with Crippen LogP contribution in [0.2, 0.25) is 0 Å². The molecule has 0 aromatic heterocycles. The molecule has 1 aliphatic heterocycles. The van der Waals surface area contributed by atoms with E-state index in [0.717, 1.165) is 55.9 Å². The summed E-state index contributed by atoms with van der Waals surface area (Å²) in [6, 6.07) is 11.3. The topological polar surface area (TPSA) is 15.3 Å². The van der Waals surface area contributed by atoms with Gasteiger partial charge < -0.3 is 5.32 Å². The van der Waals surface area contributed by atoms with Crippen LogP contribution in [0.5, 0.6) is 0 Å². The highest BCUT2D eigenvalue weighted by Crippen LogP contribution is 2.33. The highest BCUT2D eigenvalue weighted by Gasteiger charge is 2.31. The van der Waals surface area contributed by atoms with Crippen LogP contribution in [-0.2, 0) is 6.18 Å². The van der Waals surface area contributed by atoms with Crippen molar-refractivity contribution in [2.24, 2.45) is 0 Å². The molecule has 1 atom stereocenters. The maximum Gasteiger partial charge on any atom is 0.416 e. The van der Waals surface area contributed by atoms with E-state index in [9.17, 15) is 17.6 Å². The number of rotatable bonds is 3. The van der Waals surface area contributed by atoms with E-state index in [1.165, 1.54) is 24.3 Å². The van der Waals surface area contributed by atoms with Crippen molar-refractivity contribution in [1.82, 2.24) is 10.2 Å². The summed E-state index contributed by atoms with van der Waals surface area (Å²) in [4.78, 5) is 2.23. The molecule has 0 aliphatic carbocycles. The van der Waals surface area contributed by atoms with Crippen LogP contribution in [-0.4, -0.2) is 31.1 Å². The molecule has 0 spiro atoms. The Labute approximate surface area is 144 Å². The highest BCUT2D eigenvalue weighted by molar-refractivity contribution is 5.34. The zero-order valence-electron chi connectivity index (χ0n) is 13.7. The standard InChI is InChI=1S/C19H20F4N2/c20-17-8-4-15(5-9-17)18(25-12-1-10-24-11-13-25)14-2-6-16(7-3-14)19(21,22)23/h2-9,18,24H,1,10-13H2/t18-/m0/s1. The van der Waals surface area contributed by atoms with E-state index >= 15 is 0 Å². The predicted molar refractivity (Wildman–Crippen MR) is 88.7 cm³/mol. The van der Waals surface area contributed by atoms with Gasteiger partial charge in [0.05, 0.1) is 11.6 Å². The molecule has 2 aromatic carbocycles. The van der Waals surface area contributed by atoms with Crippen molar-refractivity contribution in [1.29, 1.82) is 0 Å². The summed E-state index contributed by atoms with van der Waals surface area (Å²) < 4.78 is 51.8. The molecule has 1 aliphatic rings. The van der Waals surface area contributed by atoms with E-state index in [1.54, 1.807) is 12.1 Å². The molecule has 1 heterocycles. The average Bonchev–Trinajstić information content (AvgIpc) is 2.86. The number of halogens is 4. The van der Waals surface area contributed by atoms with Gasteiger partial charge in [0.25, 0.3) is 0 Å². The van der Waals surface area contributed by atoms with Crippen LogP contribution in [0.4, 0.5) is 17.6 Å². The van der Waals surface area contributed by atoms with Crippen LogP contribution in [0.25, 0.3) is 0 Å². The Kier molecular flexibility index (Phi) is 5.39. The molecule has 0 bridgehead atoms. The first-order valence-electron chi connectivity index (χ1n) is 8.32. The van der Waals surface area contributed by atoms with Gasteiger partial charge in [0.15, 0.2) is 0 Å². The Bertz CT molecular complexity index is 672. The molecule has 0 amide bonds. The molecule has 2 nitrogen and oxygen atoms in total. The largest absolute Gasteiger partial charge is 0.416 e. The first kappa shape index (κ1) is 17.9. The molecule has 0 unspecified atom stereocenters. The summed E-state index contributed by atoms with van der Waals surface area (Å²) in [7, 11) is 0. The van der Waals surface area contributed by atoms with Crippen molar-refractivity contribution < 1.29 is 17.6 Å². The molecule has 2 aromatic rings. The number of alkyl halides is 3. The Morgan fingerprint density at radius 3 is 2.04 bits per heavy atom. The van der Waals surface area contributed by atoms with Gasteiger partial charge in [-0.3, -0.25) is 4.90 Å². The lowest BCUT2D eigenvalue weighted by Gasteiger charge is -2.31. The Balaban J connectivity index is 1.96. The maximum atomic E-state index is 13.3. The Hall–Kier alpha value is -1.92. The zero-order valence-corrected chi connectivity index (χ0v) is 13.7. The molecule has 1 saturated heterocycles. The third kappa shape index (κ3) is 4.38. The summed E-state index contributed by atoms with van der Waals surface area (Å²) >= 11 is 0. The van der Waals surface area contributed by atoms with Gasteiger partial charge in [-0.15, -0.1) is 0 Å². The smallest absolute Gasteiger partial charge is 0.315 e. The lowest BCUT2D eigenvalue weighted by Crippen LogP contribution is -2.33. The number of nitrogens with zero attached hydrogens (tertiary/aromatic N) is 1. The lowest BCUT2D eigenvalue weighted by atomic mass is 9.95. The van der Waals surface area contributed by atoms with E-state index in [-0.39, 0.29) is 11.9 Å². The second-order valence-electron chi connectivity index (χ2n) is 6.21. The summed E-state index contributed by atoms with van der Waals surface area (Å²) in [6.07, 6.45) is -3.39. The van der Waals surface area contributed by atoms with Crippen molar-refractivity contribution in [3.05, 3.63) is 71.0 Å². The molecule has 6 heteroatoms. The van der Waals surface area contributed by atoms with Gasteiger partial charge in [0.2, 0.25) is 0 Å². The van der Waals surface area contributed by atoms with Crippen molar-refractivity contribution in [2.45, 2.75) is 18.6 Å². The third-order valence-electron chi connectivity index (χ3n) is 4.48. The molecule has 134 valence electrons. The quantitative estimate of drug-likeness (QED) is 0.832. The molecule has 3 rings (SSSR count). The van der Waals surface area contributed by atoms with Gasteiger partial charge in [-0.2, -0.15) is 13.2 Å². The lowest BCUT2D eigenvalue weighted by molar-refractivity contribution is -0.137. The minimum atomic E-state index is -4.35. The summed E-state index contributed by atoms with van der Waals surface area (Å²) in [5, 5.41) is 3.32. The second kappa shape index (κ2) is 7.54. The van der Waals surface area contributed by atoms with Crippen LogP contribution in [0, 0.1) is 5.82 Å². The van der Waals surface area contributed by atoms with Gasteiger partial charge in [-0.25, -0.2) is 4.39 Å². The second-order valence-corrected chi connectivity index (χ2v) is 6.21. The van der Waals surface area contributed by atoms with Crippen molar-refractivity contribution in [3.63, 3.8) is 0 Å². The van der Waals surface area contributed by atoms with Crippen LogP contribution in [0.3, 0.4) is 0 Å². The first-order valence-corrected chi connectivity index (χ1v) is 8.32. The van der Waals surface area contributed by atoms with Gasteiger partial charge in [0.1, 0.15) is 5.82 Å². The van der Waals surface area contributed by atoms with Crippen LogP contribution in [0.1, 0.15) is 29.2 Å². The Morgan fingerprint density at radius 2 is 1.44 bits per heavy atom. The SMILES string of the molecule is Fc1ccc([C@H](c2ccc(C(F)(F)F)cc2)N2CCCNCC2)cc1. The predicted octanol–water partition coefficient (Wildman–Crippen LogP) is 4.23. The number of hydrogen-bond acceptors (Lipinski definition) is 2. The fourth-order valence-corrected chi connectivity index (χ4v) is 3.24. The highest BCUT2D eigenvalue weighted by atomic mass is 19.4. The van der Waals surface area contributed by atoms with E-state index in [2.05, 4.69) is 10.2 Å². The zero-order chi connectivity index (χ0) is 17.9. The average molecular weight is 352 g/mol. The minimum Gasteiger partial charge on any atom is -0.315 e. The molecule has 1 N–H and O–H groups in total. The molecular weight excluding hydrogens is 332 g/mol. The molecule has 0 saturated carbocycles. The van der Waals surface area contributed by atoms with Gasteiger partial charge >= 0.3 is 6.18 Å². The first-order chi connectivity index (χ1) is 11.9. The summed E-state index contributed by atoms with van der Waals surface area (Å²) in [6.45, 7) is 3.34. The monoisotopic (exact) mass is 352 g/mol. The van der Waals surface area contributed by atoms with Gasteiger partial charge in [-0.1, -0.05) is 24.3 Å². The maximum absolute atomic E-state index is 13.3. The number of hydrogen-bond donors (Lipinski definition) is 1. The molecule has 0 radical (unpaired) electrons. The van der Waals surface area contributed by atoms with Crippen LogP contribution < -0.4 is 5.32 Å². The Morgan fingerprint density at radius 1 is 0.840 bits per heavy atom. The van der Waals surface area contributed by atoms with Crippen molar-refractivity contribution >= 4 is 0 Å². The van der Waals surface area contributed by atoms with E-state index in [1.807, 2.05) is 0 Å². The van der Waals surface area contributed by atoms with Gasteiger partial charge in [-0.05, 0) is 48.4 Å². The van der Waals surface area contributed by atoms with E-state index in [4.69, 9.17) is 0 Å². The molecular formula is C19H20F4N2. The normalized spacial score (nSPS) is 17.9. The molecule has 1 fully saturated rings. The van der Waals surface area contributed by atoms with Crippen LogP contribution in [0.15, 0.2) is 48.5 Å². The molecule has 25 heavy (non-hydrogen) atoms. The third-order valence-corrected chi connectivity index (χ3v) is 4.48. The number of nitrogens with one attached hydrogen (secondary N) is 1. The van der Waals surface area contributed by atoms with Crippen molar-refractivity contribution in [2.75, 3.05) is 26.2 Å². The summed E-state index contributed by atoms with van der Waals surface area (Å²) in [5.74, 6) is -0.326. The van der Waals surface area contributed by atoms with Crippen LogP contribution >= 0.6 is 0 Å².